The Labute approximate surface area is 128 Å². The van der Waals surface area contributed by atoms with Crippen LogP contribution in [0.4, 0.5) is 0 Å². The van der Waals surface area contributed by atoms with Crippen LogP contribution in [0.5, 0.6) is 0 Å². The second kappa shape index (κ2) is 5.11. The quantitative estimate of drug-likeness (QED) is 0.584. The van der Waals surface area contributed by atoms with Gasteiger partial charge in [-0.3, -0.25) is 5.10 Å². The maximum absolute atomic E-state index is 4.80. The highest BCUT2D eigenvalue weighted by Crippen LogP contribution is 2.32. The maximum Gasteiger partial charge on any atom is 0.0750 e. The Bertz CT molecular complexity index is 939. The summed E-state index contributed by atoms with van der Waals surface area (Å²) in [5.41, 5.74) is 6.42. The SMILES string of the molecule is Cc1[nH]ncc1-c1cc(-c2ccccc2)c2ccccc2n1. The normalized spacial score (nSPS) is 11.0. The number of pyridine rings is 1. The van der Waals surface area contributed by atoms with Gasteiger partial charge in [-0.05, 0) is 30.2 Å². The molecule has 106 valence electrons. The smallest absolute Gasteiger partial charge is 0.0750 e. The van der Waals surface area contributed by atoms with Gasteiger partial charge in [-0.1, -0.05) is 48.5 Å². The molecular weight excluding hydrogens is 270 g/mol. The molecule has 22 heavy (non-hydrogen) atoms. The molecule has 2 aromatic heterocycles. The number of aromatic amines is 1. The molecule has 0 aliphatic carbocycles. The fourth-order valence-corrected chi connectivity index (χ4v) is 2.78. The first-order chi connectivity index (χ1) is 10.8. The summed E-state index contributed by atoms with van der Waals surface area (Å²) in [6, 6.07) is 20.8. The zero-order valence-electron chi connectivity index (χ0n) is 12.2. The van der Waals surface area contributed by atoms with E-state index in [1.54, 1.807) is 0 Å². The summed E-state index contributed by atoms with van der Waals surface area (Å²) < 4.78 is 0. The zero-order chi connectivity index (χ0) is 14.9. The largest absolute Gasteiger partial charge is 0.282 e. The van der Waals surface area contributed by atoms with Crippen LogP contribution in [0.2, 0.25) is 0 Å². The van der Waals surface area contributed by atoms with E-state index >= 15 is 0 Å². The van der Waals surface area contributed by atoms with Gasteiger partial charge < -0.3 is 0 Å². The molecule has 0 aliphatic rings. The van der Waals surface area contributed by atoms with Crippen LogP contribution in [0.1, 0.15) is 5.69 Å². The van der Waals surface area contributed by atoms with E-state index in [1.165, 1.54) is 16.5 Å². The Hall–Kier alpha value is -2.94. The highest BCUT2D eigenvalue weighted by atomic mass is 15.1. The molecule has 0 fully saturated rings. The molecule has 0 radical (unpaired) electrons. The van der Waals surface area contributed by atoms with Gasteiger partial charge in [0.15, 0.2) is 0 Å². The molecule has 2 heterocycles. The van der Waals surface area contributed by atoms with Gasteiger partial charge in [-0.15, -0.1) is 0 Å². The van der Waals surface area contributed by atoms with Crippen LogP contribution in [-0.4, -0.2) is 15.2 Å². The zero-order valence-corrected chi connectivity index (χ0v) is 12.2. The van der Waals surface area contributed by atoms with E-state index in [0.29, 0.717) is 0 Å². The Morgan fingerprint density at radius 1 is 0.864 bits per heavy atom. The third-order valence-electron chi connectivity index (χ3n) is 3.91. The van der Waals surface area contributed by atoms with Crippen molar-refractivity contribution >= 4 is 10.9 Å². The summed E-state index contributed by atoms with van der Waals surface area (Å²) in [6.07, 6.45) is 1.83. The highest BCUT2D eigenvalue weighted by molar-refractivity contribution is 5.96. The minimum absolute atomic E-state index is 0.948. The lowest BCUT2D eigenvalue weighted by Gasteiger charge is -2.09. The van der Waals surface area contributed by atoms with Crippen LogP contribution in [0.15, 0.2) is 66.9 Å². The molecule has 0 atom stereocenters. The Morgan fingerprint density at radius 3 is 2.41 bits per heavy atom. The topological polar surface area (TPSA) is 41.6 Å². The molecule has 0 saturated carbocycles. The second-order valence-corrected chi connectivity index (χ2v) is 5.35. The number of nitrogens with one attached hydrogen (secondary N) is 1. The molecular formula is C19H15N3. The average molecular weight is 285 g/mol. The van der Waals surface area contributed by atoms with Crippen LogP contribution in [-0.2, 0) is 0 Å². The first kappa shape index (κ1) is 12.8. The second-order valence-electron chi connectivity index (χ2n) is 5.35. The number of benzene rings is 2. The van der Waals surface area contributed by atoms with Crippen molar-refractivity contribution in [3.05, 3.63) is 72.6 Å². The van der Waals surface area contributed by atoms with Crippen LogP contribution in [0.3, 0.4) is 0 Å². The lowest BCUT2D eigenvalue weighted by atomic mass is 9.98. The summed E-state index contributed by atoms with van der Waals surface area (Å²) >= 11 is 0. The summed E-state index contributed by atoms with van der Waals surface area (Å²) in [7, 11) is 0. The monoisotopic (exact) mass is 285 g/mol. The van der Waals surface area contributed by atoms with Crippen molar-refractivity contribution in [2.45, 2.75) is 6.92 Å². The number of aromatic nitrogens is 3. The molecule has 1 N–H and O–H groups in total. The van der Waals surface area contributed by atoms with E-state index in [4.69, 9.17) is 4.98 Å². The van der Waals surface area contributed by atoms with Crippen LogP contribution < -0.4 is 0 Å². The van der Waals surface area contributed by atoms with Crippen molar-refractivity contribution in [1.82, 2.24) is 15.2 Å². The van der Waals surface area contributed by atoms with Crippen LogP contribution >= 0.6 is 0 Å². The van der Waals surface area contributed by atoms with Crippen molar-refractivity contribution in [2.75, 3.05) is 0 Å². The summed E-state index contributed by atoms with van der Waals surface area (Å²) in [5, 5.41) is 8.27. The van der Waals surface area contributed by atoms with E-state index in [9.17, 15) is 0 Å². The summed E-state index contributed by atoms with van der Waals surface area (Å²) in [6.45, 7) is 2.02. The lowest BCUT2D eigenvalue weighted by Crippen LogP contribution is -1.90. The number of para-hydroxylation sites is 1. The third kappa shape index (κ3) is 2.07. The first-order valence-electron chi connectivity index (χ1n) is 7.28. The van der Waals surface area contributed by atoms with Crippen molar-refractivity contribution in [2.24, 2.45) is 0 Å². The molecule has 0 aliphatic heterocycles. The molecule has 0 bridgehead atoms. The van der Waals surface area contributed by atoms with Gasteiger partial charge in [-0.2, -0.15) is 5.10 Å². The number of H-pyrrole nitrogens is 1. The van der Waals surface area contributed by atoms with Gasteiger partial charge >= 0.3 is 0 Å². The number of nitrogens with zero attached hydrogens (tertiary/aromatic N) is 2. The first-order valence-corrected chi connectivity index (χ1v) is 7.28. The molecule has 2 aromatic carbocycles. The van der Waals surface area contributed by atoms with E-state index in [2.05, 4.69) is 58.7 Å². The standard InChI is InChI=1S/C19H15N3/c1-13-17(12-20-22-13)19-11-16(14-7-3-2-4-8-14)15-9-5-6-10-18(15)21-19/h2-12H,1H3,(H,20,22). The molecule has 0 spiro atoms. The molecule has 0 saturated heterocycles. The fourth-order valence-electron chi connectivity index (χ4n) is 2.78. The molecule has 3 nitrogen and oxygen atoms in total. The molecule has 4 aromatic rings. The molecule has 4 rings (SSSR count). The van der Waals surface area contributed by atoms with E-state index in [1.807, 2.05) is 25.3 Å². The Kier molecular flexibility index (Phi) is 2.97. The van der Waals surface area contributed by atoms with Crippen molar-refractivity contribution in [3.8, 4) is 22.4 Å². The lowest BCUT2D eigenvalue weighted by molar-refractivity contribution is 1.05. The van der Waals surface area contributed by atoms with Gasteiger partial charge in [-0.25, -0.2) is 4.98 Å². The maximum atomic E-state index is 4.80. The van der Waals surface area contributed by atoms with Crippen molar-refractivity contribution in [3.63, 3.8) is 0 Å². The average Bonchev–Trinajstić information content (AvgIpc) is 3.01. The fraction of sp³-hybridized carbons (Fsp3) is 0.0526. The third-order valence-corrected chi connectivity index (χ3v) is 3.91. The number of fused-ring (bicyclic) bond motifs is 1. The van der Waals surface area contributed by atoms with Gasteiger partial charge in [0.2, 0.25) is 0 Å². The Balaban J connectivity index is 2.04. The van der Waals surface area contributed by atoms with Gasteiger partial charge in [0.25, 0.3) is 0 Å². The predicted molar refractivity (Wildman–Crippen MR) is 89.5 cm³/mol. The number of aryl methyl sites for hydroxylation is 1. The van der Waals surface area contributed by atoms with E-state index in [0.717, 1.165) is 22.5 Å². The van der Waals surface area contributed by atoms with Gasteiger partial charge in [0, 0.05) is 16.6 Å². The number of hydrogen-bond acceptors (Lipinski definition) is 2. The number of rotatable bonds is 2. The van der Waals surface area contributed by atoms with Crippen LogP contribution in [0, 0.1) is 6.92 Å². The summed E-state index contributed by atoms with van der Waals surface area (Å²) in [5.74, 6) is 0. The molecule has 3 heteroatoms. The van der Waals surface area contributed by atoms with E-state index in [-0.39, 0.29) is 0 Å². The minimum Gasteiger partial charge on any atom is -0.282 e. The van der Waals surface area contributed by atoms with Gasteiger partial charge in [0.05, 0.1) is 17.4 Å². The van der Waals surface area contributed by atoms with Crippen molar-refractivity contribution in [1.29, 1.82) is 0 Å². The summed E-state index contributed by atoms with van der Waals surface area (Å²) in [4.78, 5) is 4.80. The predicted octanol–water partition coefficient (Wildman–Crippen LogP) is 4.60. The van der Waals surface area contributed by atoms with E-state index < -0.39 is 0 Å². The van der Waals surface area contributed by atoms with Gasteiger partial charge in [0.1, 0.15) is 0 Å². The minimum atomic E-state index is 0.948. The molecule has 0 unspecified atom stereocenters. The number of hydrogen-bond donors (Lipinski definition) is 1. The highest BCUT2D eigenvalue weighted by Gasteiger charge is 2.11. The Morgan fingerprint density at radius 2 is 1.64 bits per heavy atom. The molecule has 0 amide bonds. The van der Waals surface area contributed by atoms with Crippen molar-refractivity contribution < 1.29 is 0 Å². The van der Waals surface area contributed by atoms with Crippen LogP contribution in [0.25, 0.3) is 33.3 Å².